The first-order valence-electron chi connectivity index (χ1n) is 11.4. The van der Waals surface area contributed by atoms with E-state index in [-0.39, 0.29) is 5.92 Å². The molecule has 0 amide bonds. The molecule has 0 saturated heterocycles. The summed E-state index contributed by atoms with van der Waals surface area (Å²) >= 11 is 0. The molecule has 0 spiro atoms. The minimum absolute atomic E-state index is 0.258. The van der Waals surface area contributed by atoms with Gasteiger partial charge in [0.25, 0.3) is 0 Å². The van der Waals surface area contributed by atoms with Gasteiger partial charge in [-0.25, -0.2) is 0 Å². The summed E-state index contributed by atoms with van der Waals surface area (Å²) in [6, 6.07) is 4.38. The molecule has 0 aromatic heterocycles. The minimum atomic E-state index is -0.724. The summed E-state index contributed by atoms with van der Waals surface area (Å²) in [7, 11) is 3.36. The molecular weight excluding hydrogens is 376 g/mol. The molecule has 30 heavy (non-hydrogen) atoms. The smallest absolute Gasteiger partial charge is 0.204 e. The van der Waals surface area contributed by atoms with Gasteiger partial charge in [0.05, 0.1) is 0 Å². The maximum absolute atomic E-state index is 6.43. The SMILES string of the molecule is CCCCCc1cc(OC(C)(C)OC)c(C2C=C(C)CCC2)c(OC(C)(C)OC)c1. The molecule has 1 aliphatic carbocycles. The molecule has 0 radical (unpaired) electrons. The number of aryl methyl sites for hydroxylation is 1. The Kier molecular flexibility index (Phi) is 8.81. The number of benzene rings is 1. The van der Waals surface area contributed by atoms with Gasteiger partial charge in [-0.05, 0) is 56.7 Å². The van der Waals surface area contributed by atoms with Crippen molar-refractivity contribution in [2.24, 2.45) is 0 Å². The number of allylic oxidation sites excluding steroid dienone is 2. The van der Waals surface area contributed by atoms with Crippen LogP contribution < -0.4 is 9.47 Å². The molecule has 1 aromatic rings. The number of unbranched alkanes of at least 4 members (excludes halogenated alkanes) is 2. The molecule has 1 aromatic carbocycles. The summed E-state index contributed by atoms with van der Waals surface area (Å²) in [6.45, 7) is 12.2. The van der Waals surface area contributed by atoms with Gasteiger partial charge in [0.1, 0.15) is 11.5 Å². The lowest BCUT2D eigenvalue weighted by atomic mass is 9.84. The van der Waals surface area contributed by atoms with Crippen molar-refractivity contribution in [2.45, 2.75) is 104 Å². The maximum atomic E-state index is 6.43. The van der Waals surface area contributed by atoms with Crippen LogP contribution in [0.2, 0.25) is 0 Å². The second kappa shape index (κ2) is 10.7. The zero-order chi connectivity index (χ0) is 22.4. The van der Waals surface area contributed by atoms with Gasteiger partial charge in [0.15, 0.2) is 0 Å². The van der Waals surface area contributed by atoms with E-state index < -0.39 is 11.6 Å². The van der Waals surface area contributed by atoms with Crippen molar-refractivity contribution in [1.29, 1.82) is 0 Å². The number of hydrogen-bond donors (Lipinski definition) is 0. The Balaban J connectivity index is 2.60. The van der Waals surface area contributed by atoms with E-state index in [1.165, 1.54) is 30.4 Å². The molecule has 2 rings (SSSR count). The van der Waals surface area contributed by atoms with E-state index >= 15 is 0 Å². The summed E-state index contributed by atoms with van der Waals surface area (Å²) in [4.78, 5) is 0. The maximum Gasteiger partial charge on any atom is 0.204 e. The zero-order valence-electron chi connectivity index (χ0n) is 20.4. The summed E-state index contributed by atoms with van der Waals surface area (Å²) in [5.41, 5.74) is 3.75. The van der Waals surface area contributed by atoms with Crippen molar-refractivity contribution in [3.63, 3.8) is 0 Å². The molecule has 0 bridgehead atoms. The number of hydrogen-bond acceptors (Lipinski definition) is 4. The standard InChI is InChI=1S/C26H42O4/c1-9-10-11-14-20-17-22(29-25(3,4)27-7)24(21-15-12-13-19(2)16-21)23(18-20)30-26(5,6)28-8/h16-18,21H,9-15H2,1-8H3. The molecule has 4 heteroatoms. The largest absolute Gasteiger partial charge is 0.463 e. The number of rotatable bonds is 11. The molecule has 4 nitrogen and oxygen atoms in total. The van der Waals surface area contributed by atoms with Gasteiger partial charge in [-0.3, -0.25) is 0 Å². The Morgan fingerprint density at radius 1 is 0.933 bits per heavy atom. The van der Waals surface area contributed by atoms with Crippen LogP contribution in [0.15, 0.2) is 23.8 Å². The fourth-order valence-electron chi connectivity index (χ4n) is 3.86. The summed E-state index contributed by atoms with van der Waals surface area (Å²) < 4.78 is 24.1. The lowest BCUT2D eigenvalue weighted by Gasteiger charge is -2.33. The second-order valence-electron chi connectivity index (χ2n) is 9.39. The third-order valence-corrected chi connectivity index (χ3v) is 5.87. The molecule has 0 saturated carbocycles. The predicted octanol–water partition coefficient (Wildman–Crippen LogP) is 7.16. The van der Waals surface area contributed by atoms with Crippen LogP contribution in [0.5, 0.6) is 11.5 Å². The van der Waals surface area contributed by atoms with Crippen LogP contribution in [0.25, 0.3) is 0 Å². The molecule has 1 aliphatic rings. The van der Waals surface area contributed by atoms with Crippen LogP contribution in [0.3, 0.4) is 0 Å². The molecule has 0 heterocycles. The van der Waals surface area contributed by atoms with Gasteiger partial charge in [0, 0.05) is 53.4 Å². The van der Waals surface area contributed by atoms with Gasteiger partial charge < -0.3 is 18.9 Å². The Labute approximate surface area is 183 Å². The summed E-state index contributed by atoms with van der Waals surface area (Å²) in [5.74, 6) is 0.521. The van der Waals surface area contributed by atoms with E-state index in [9.17, 15) is 0 Å². The average Bonchev–Trinajstić information content (AvgIpc) is 2.67. The molecule has 0 aliphatic heterocycles. The van der Waals surface area contributed by atoms with Gasteiger partial charge in [0.2, 0.25) is 11.6 Å². The Morgan fingerprint density at radius 2 is 1.50 bits per heavy atom. The third kappa shape index (κ3) is 7.02. The first-order valence-corrected chi connectivity index (χ1v) is 11.4. The fourth-order valence-corrected chi connectivity index (χ4v) is 3.86. The van der Waals surface area contributed by atoms with E-state index in [4.69, 9.17) is 18.9 Å². The molecule has 0 N–H and O–H groups in total. The number of methoxy groups -OCH3 is 2. The van der Waals surface area contributed by atoms with Gasteiger partial charge in [-0.1, -0.05) is 31.4 Å². The first kappa shape index (κ1) is 24.7. The predicted molar refractivity (Wildman–Crippen MR) is 123 cm³/mol. The van der Waals surface area contributed by atoms with E-state index in [2.05, 4.69) is 32.1 Å². The Bertz CT molecular complexity index is 679. The van der Waals surface area contributed by atoms with Gasteiger partial charge >= 0.3 is 0 Å². The average molecular weight is 419 g/mol. The summed E-state index contributed by atoms with van der Waals surface area (Å²) in [5, 5.41) is 0. The van der Waals surface area contributed by atoms with Crippen LogP contribution in [0, 0.1) is 0 Å². The van der Waals surface area contributed by atoms with Gasteiger partial charge in [-0.15, -0.1) is 0 Å². The van der Waals surface area contributed by atoms with Crippen LogP contribution in [-0.4, -0.2) is 25.8 Å². The Morgan fingerprint density at radius 3 is 1.97 bits per heavy atom. The fraction of sp³-hybridized carbons (Fsp3) is 0.692. The highest BCUT2D eigenvalue weighted by Crippen LogP contribution is 2.44. The lowest BCUT2D eigenvalue weighted by molar-refractivity contribution is -0.138. The second-order valence-corrected chi connectivity index (χ2v) is 9.39. The van der Waals surface area contributed by atoms with Crippen molar-refractivity contribution < 1.29 is 18.9 Å². The number of ether oxygens (including phenoxy) is 4. The van der Waals surface area contributed by atoms with Crippen LogP contribution in [-0.2, 0) is 15.9 Å². The van der Waals surface area contributed by atoms with E-state index in [0.717, 1.165) is 42.7 Å². The van der Waals surface area contributed by atoms with E-state index in [0.29, 0.717) is 0 Å². The molecular formula is C26H42O4. The molecule has 170 valence electrons. The van der Waals surface area contributed by atoms with Crippen LogP contribution in [0.1, 0.15) is 97.1 Å². The first-order chi connectivity index (χ1) is 14.1. The highest BCUT2D eigenvalue weighted by Gasteiger charge is 2.30. The third-order valence-electron chi connectivity index (χ3n) is 5.87. The molecule has 1 unspecified atom stereocenters. The highest BCUT2D eigenvalue weighted by atomic mass is 16.7. The quantitative estimate of drug-likeness (QED) is 0.217. The van der Waals surface area contributed by atoms with Crippen molar-refractivity contribution >= 4 is 0 Å². The zero-order valence-corrected chi connectivity index (χ0v) is 20.4. The van der Waals surface area contributed by atoms with Crippen molar-refractivity contribution in [1.82, 2.24) is 0 Å². The van der Waals surface area contributed by atoms with E-state index in [1.807, 2.05) is 27.7 Å². The van der Waals surface area contributed by atoms with Crippen molar-refractivity contribution in [2.75, 3.05) is 14.2 Å². The van der Waals surface area contributed by atoms with Crippen molar-refractivity contribution in [3.05, 3.63) is 34.9 Å². The topological polar surface area (TPSA) is 36.9 Å². The normalized spacial score (nSPS) is 17.6. The van der Waals surface area contributed by atoms with Crippen LogP contribution >= 0.6 is 0 Å². The summed E-state index contributed by atoms with van der Waals surface area (Å²) in [6.07, 6.45) is 10.3. The van der Waals surface area contributed by atoms with Crippen molar-refractivity contribution in [3.8, 4) is 11.5 Å². The minimum Gasteiger partial charge on any atom is -0.463 e. The highest BCUT2D eigenvalue weighted by molar-refractivity contribution is 5.52. The monoisotopic (exact) mass is 418 g/mol. The van der Waals surface area contributed by atoms with E-state index in [1.54, 1.807) is 14.2 Å². The molecule has 1 atom stereocenters. The molecule has 0 fully saturated rings. The van der Waals surface area contributed by atoms with Gasteiger partial charge in [-0.2, -0.15) is 0 Å². The van der Waals surface area contributed by atoms with Crippen LogP contribution in [0.4, 0.5) is 0 Å². The Hall–Kier alpha value is -1.52. The lowest BCUT2D eigenvalue weighted by Crippen LogP contribution is -2.32.